The predicted octanol–water partition coefficient (Wildman–Crippen LogP) is 6.68. The number of carbonyl (C=O) groups is 2. The summed E-state index contributed by atoms with van der Waals surface area (Å²) >= 11 is 0. The quantitative estimate of drug-likeness (QED) is 0.221. The standard InChI is InChI=1S/C31H43N3O2/c1-3-4-5-6-7-8-9-10-11-12-13-14-15-16-17-18-19-22-29(35)34-25-23-27(26-34)30-28(31(36)32-2)21-20-24-33-30/h4-5,7-8,10-11,13-14,16-17,20-21,24,27H,3,6,9,12,15,18-19,22-23,25-26H2,1-2H3,(H,32,36)/b5-4-,8-7-,11-10-,14-13-,17-16-/t27-/m0/s1. The van der Waals surface area contributed by atoms with Crippen LogP contribution < -0.4 is 5.32 Å². The van der Waals surface area contributed by atoms with Gasteiger partial charge in [-0.05, 0) is 63.5 Å². The molecule has 0 aliphatic carbocycles. The molecule has 1 aromatic heterocycles. The summed E-state index contributed by atoms with van der Waals surface area (Å²) < 4.78 is 0. The first-order chi connectivity index (χ1) is 17.7. The number of carbonyl (C=O) groups excluding carboxylic acids is 2. The molecule has 5 heteroatoms. The Morgan fingerprint density at radius 1 is 0.972 bits per heavy atom. The van der Waals surface area contributed by atoms with E-state index in [1.54, 1.807) is 25.4 Å². The van der Waals surface area contributed by atoms with Gasteiger partial charge in [-0.2, -0.15) is 0 Å². The molecule has 1 aliphatic rings. The Labute approximate surface area is 217 Å². The minimum Gasteiger partial charge on any atom is -0.355 e. The molecular weight excluding hydrogens is 446 g/mol. The number of amides is 2. The monoisotopic (exact) mass is 489 g/mol. The van der Waals surface area contributed by atoms with Crippen molar-refractivity contribution >= 4 is 11.8 Å². The van der Waals surface area contributed by atoms with Gasteiger partial charge in [0.15, 0.2) is 0 Å². The third kappa shape index (κ3) is 11.0. The van der Waals surface area contributed by atoms with Gasteiger partial charge in [0.2, 0.25) is 5.91 Å². The minimum atomic E-state index is -0.125. The van der Waals surface area contributed by atoms with Crippen molar-refractivity contribution in [1.29, 1.82) is 0 Å². The Morgan fingerprint density at radius 2 is 1.58 bits per heavy atom. The van der Waals surface area contributed by atoms with Gasteiger partial charge in [-0.1, -0.05) is 67.7 Å². The smallest absolute Gasteiger partial charge is 0.252 e. The number of nitrogens with zero attached hydrogens (tertiary/aromatic N) is 2. The van der Waals surface area contributed by atoms with Crippen molar-refractivity contribution in [2.75, 3.05) is 20.1 Å². The Kier molecular flexibility index (Phi) is 14.6. The van der Waals surface area contributed by atoms with E-state index >= 15 is 0 Å². The second-order valence-electron chi connectivity index (χ2n) is 8.94. The lowest BCUT2D eigenvalue weighted by Gasteiger charge is -2.17. The van der Waals surface area contributed by atoms with Crippen LogP contribution in [0.4, 0.5) is 0 Å². The van der Waals surface area contributed by atoms with Crippen LogP contribution in [0.25, 0.3) is 0 Å². The Bertz CT molecular complexity index is 943. The van der Waals surface area contributed by atoms with Gasteiger partial charge in [0.25, 0.3) is 5.91 Å². The molecule has 2 amide bonds. The second-order valence-corrected chi connectivity index (χ2v) is 8.94. The third-order valence-corrected chi connectivity index (χ3v) is 6.16. The number of unbranched alkanes of at least 4 members (excludes halogenated alkanes) is 1. The molecule has 1 fully saturated rings. The molecule has 194 valence electrons. The molecule has 0 spiro atoms. The molecule has 0 unspecified atom stereocenters. The van der Waals surface area contributed by atoms with Crippen molar-refractivity contribution in [2.24, 2.45) is 0 Å². The first kappa shape index (κ1) is 29.0. The molecule has 2 heterocycles. The molecule has 5 nitrogen and oxygen atoms in total. The van der Waals surface area contributed by atoms with Crippen molar-refractivity contribution in [2.45, 2.75) is 70.6 Å². The van der Waals surface area contributed by atoms with E-state index < -0.39 is 0 Å². The lowest BCUT2D eigenvalue weighted by atomic mass is 9.99. The van der Waals surface area contributed by atoms with Crippen molar-refractivity contribution in [3.05, 3.63) is 90.3 Å². The summed E-state index contributed by atoms with van der Waals surface area (Å²) in [6, 6.07) is 3.58. The van der Waals surface area contributed by atoms with Gasteiger partial charge in [-0.15, -0.1) is 0 Å². The number of likely N-dealkylation sites (tertiary alicyclic amines) is 1. The topological polar surface area (TPSA) is 62.3 Å². The molecule has 0 bridgehead atoms. The maximum atomic E-state index is 12.6. The Morgan fingerprint density at radius 3 is 2.19 bits per heavy atom. The van der Waals surface area contributed by atoms with E-state index in [2.05, 4.69) is 78.0 Å². The van der Waals surface area contributed by atoms with Crippen molar-refractivity contribution in [3.8, 4) is 0 Å². The highest BCUT2D eigenvalue weighted by Crippen LogP contribution is 2.28. The number of nitrogens with one attached hydrogen (secondary N) is 1. The van der Waals surface area contributed by atoms with Crippen molar-refractivity contribution < 1.29 is 9.59 Å². The van der Waals surface area contributed by atoms with Crippen molar-refractivity contribution in [1.82, 2.24) is 15.2 Å². The first-order valence-electron chi connectivity index (χ1n) is 13.4. The lowest BCUT2D eigenvalue weighted by molar-refractivity contribution is -0.130. The van der Waals surface area contributed by atoms with Crippen LogP contribution >= 0.6 is 0 Å². The first-order valence-corrected chi connectivity index (χ1v) is 13.4. The zero-order valence-electron chi connectivity index (χ0n) is 22.1. The zero-order chi connectivity index (χ0) is 25.8. The van der Waals surface area contributed by atoms with Crippen LogP contribution in [0.15, 0.2) is 79.1 Å². The molecule has 1 N–H and O–H groups in total. The van der Waals surface area contributed by atoms with Crippen LogP contribution in [0.3, 0.4) is 0 Å². The summed E-state index contributed by atoms with van der Waals surface area (Å²) in [5.41, 5.74) is 1.41. The van der Waals surface area contributed by atoms with Gasteiger partial charge in [0.05, 0.1) is 11.3 Å². The van der Waals surface area contributed by atoms with Gasteiger partial charge in [-0.25, -0.2) is 0 Å². The zero-order valence-corrected chi connectivity index (χ0v) is 22.1. The van der Waals surface area contributed by atoms with Crippen LogP contribution in [0.1, 0.15) is 86.7 Å². The summed E-state index contributed by atoms with van der Waals surface area (Å²) in [6.45, 7) is 3.52. The second kappa shape index (κ2) is 18.1. The normalized spacial score (nSPS) is 16.5. The number of rotatable bonds is 15. The van der Waals surface area contributed by atoms with Gasteiger partial charge in [0.1, 0.15) is 0 Å². The molecule has 36 heavy (non-hydrogen) atoms. The van der Waals surface area contributed by atoms with E-state index in [0.717, 1.165) is 63.6 Å². The molecule has 0 saturated carbocycles. The van der Waals surface area contributed by atoms with Gasteiger partial charge in [0, 0.05) is 38.7 Å². The highest BCUT2D eigenvalue weighted by Gasteiger charge is 2.30. The summed E-state index contributed by atoms with van der Waals surface area (Å²) in [7, 11) is 1.63. The summed E-state index contributed by atoms with van der Waals surface area (Å²) in [4.78, 5) is 31.2. The van der Waals surface area contributed by atoms with E-state index in [9.17, 15) is 9.59 Å². The average Bonchev–Trinajstić information content (AvgIpc) is 3.40. The highest BCUT2D eigenvalue weighted by atomic mass is 16.2. The molecule has 1 saturated heterocycles. The molecule has 0 aromatic carbocycles. The van der Waals surface area contributed by atoms with Gasteiger partial charge < -0.3 is 10.2 Å². The van der Waals surface area contributed by atoms with Gasteiger partial charge in [-0.3, -0.25) is 14.6 Å². The number of aromatic nitrogens is 1. The Balaban J connectivity index is 1.57. The summed E-state index contributed by atoms with van der Waals surface area (Å²) in [6.07, 6.45) is 31.8. The number of hydrogen-bond donors (Lipinski definition) is 1. The molecule has 1 aromatic rings. The summed E-state index contributed by atoms with van der Waals surface area (Å²) in [5, 5.41) is 2.68. The van der Waals surface area contributed by atoms with Crippen LogP contribution in [-0.4, -0.2) is 41.8 Å². The number of hydrogen-bond acceptors (Lipinski definition) is 3. The van der Waals surface area contributed by atoms with Gasteiger partial charge >= 0.3 is 0 Å². The molecule has 1 aliphatic heterocycles. The number of allylic oxidation sites excluding steroid dienone is 10. The average molecular weight is 490 g/mol. The highest BCUT2D eigenvalue weighted by molar-refractivity contribution is 5.95. The fourth-order valence-electron chi connectivity index (χ4n) is 4.18. The molecule has 1 atom stereocenters. The number of pyridine rings is 1. The van der Waals surface area contributed by atoms with Crippen LogP contribution in [-0.2, 0) is 4.79 Å². The SMILES string of the molecule is CC/C=C\C/C=C\C/C=C\C/C=C\C/C=C\CCCC(=O)N1CC[C@H](c2ncccc2C(=O)NC)C1. The Hall–Kier alpha value is -3.21. The van der Waals surface area contributed by atoms with E-state index in [0.29, 0.717) is 18.5 Å². The molecule has 0 radical (unpaired) electrons. The largest absolute Gasteiger partial charge is 0.355 e. The summed E-state index contributed by atoms with van der Waals surface area (Å²) in [5.74, 6) is 0.190. The molecular formula is C31H43N3O2. The predicted molar refractivity (Wildman–Crippen MR) is 150 cm³/mol. The minimum absolute atomic E-state index is 0.119. The fourth-order valence-corrected chi connectivity index (χ4v) is 4.18. The van der Waals surface area contributed by atoms with Crippen LogP contribution in [0.5, 0.6) is 0 Å². The fraction of sp³-hybridized carbons (Fsp3) is 0.452. The van der Waals surface area contributed by atoms with Crippen LogP contribution in [0.2, 0.25) is 0 Å². The van der Waals surface area contributed by atoms with E-state index in [1.165, 1.54) is 0 Å². The van der Waals surface area contributed by atoms with E-state index in [1.807, 2.05) is 4.90 Å². The molecule has 2 rings (SSSR count). The van der Waals surface area contributed by atoms with Crippen molar-refractivity contribution in [3.63, 3.8) is 0 Å². The maximum Gasteiger partial charge on any atom is 0.252 e. The van der Waals surface area contributed by atoms with E-state index in [-0.39, 0.29) is 17.7 Å². The lowest BCUT2D eigenvalue weighted by Crippen LogP contribution is -2.28. The third-order valence-electron chi connectivity index (χ3n) is 6.16. The van der Waals surface area contributed by atoms with E-state index in [4.69, 9.17) is 0 Å². The van der Waals surface area contributed by atoms with Crippen LogP contribution in [0, 0.1) is 0 Å². The maximum absolute atomic E-state index is 12.6.